The van der Waals surface area contributed by atoms with Gasteiger partial charge in [-0.25, -0.2) is 0 Å². The van der Waals surface area contributed by atoms with Crippen LogP contribution in [0.1, 0.15) is 61.1 Å². The molecule has 0 atom stereocenters. The lowest BCUT2D eigenvalue weighted by Gasteiger charge is -2.21. The van der Waals surface area contributed by atoms with E-state index in [0.29, 0.717) is 10.8 Å². The van der Waals surface area contributed by atoms with Gasteiger partial charge in [-0.05, 0) is 59.7 Å². The molecule has 0 aliphatic carbocycles. The van der Waals surface area contributed by atoms with Gasteiger partial charge in [-0.3, -0.25) is 10.2 Å². The topological polar surface area (TPSA) is 65.0 Å². The number of hydrogen-bond acceptors (Lipinski definition) is 4. The minimum Gasteiger partial charge on any atom is -0.339 e. The van der Waals surface area contributed by atoms with Crippen LogP contribution in [0.15, 0.2) is 4.91 Å². The van der Waals surface area contributed by atoms with Gasteiger partial charge in [0.15, 0.2) is 0 Å². The van der Waals surface area contributed by atoms with Crippen LogP contribution < -0.4 is 10.6 Å². The van der Waals surface area contributed by atoms with Crippen LogP contribution in [0.3, 0.4) is 0 Å². The number of benzene rings is 1. The molecule has 1 saturated heterocycles. The summed E-state index contributed by atoms with van der Waals surface area (Å²) in [4.78, 5) is 13.0. The first-order valence-corrected chi connectivity index (χ1v) is 10.0. The minimum atomic E-state index is -0.149. The van der Waals surface area contributed by atoms with Crippen LogP contribution >= 0.6 is 24.0 Å². The summed E-state index contributed by atoms with van der Waals surface area (Å²) in [6.07, 6.45) is 3.73. The van der Waals surface area contributed by atoms with Crippen LogP contribution in [-0.2, 0) is 25.7 Å². The highest BCUT2D eigenvalue weighted by atomic mass is 32.2. The molecule has 3 N–H and O–H groups in total. The van der Waals surface area contributed by atoms with Gasteiger partial charge in [0, 0.05) is 11.1 Å². The summed E-state index contributed by atoms with van der Waals surface area (Å²) in [5.41, 5.74) is 8.23. The average Bonchev–Trinajstić information content (AvgIpc) is 3.11. The third-order valence-corrected chi connectivity index (χ3v) is 6.29. The van der Waals surface area contributed by atoms with Gasteiger partial charge in [0.1, 0.15) is 10.8 Å². The van der Waals surface area contributed by atoms with Gasteiger partial charge in [0.05, 0.1) is 10.6 Å². The maximum atomic E-state index is 11.8. The van der Waals surface area contributed by atoms with Gasteiger partial charge < -0.3 is 10.6 Å². The molecule has 132 valence electrons. The molecule has 1 amide bonds. The smallest absolute Gasteiger partial charge is 0.289 e. The largest absolute Gasteiger partial charge is 0.339 e. The Hall–Kier alpha value is -1.66. The fourth-order valence-electron chi connectivity index (χ4n) is 4.05. The quantitative estimate of drug-likeness (QED) is 0.543. The van der Waals surface area contributed by atoms with E-state index >= 15 is 0 Å². The third kappa shape index (κ3) is 2.72. The Morgan fingerprint density at radius 3 is 1.84 bits per heavy atom. The van der Waals surface area contributed by atoms with E-state index in [-0.39, 0.29) is 5.24 Å². The van der Waals surface area contributed by atoms with Crippen molar-refractivity contribution in [3.05, 3.63) is 38.3 Å². The zero-order valence-electron chi connectivity index (χ0n) is 15.1. The summed E-state index contributed by atoms with van der Waals surface area (Å²) >= 11 is 6.47. The molecule has 1 aromatic rings. The monoisotopic (exact) mass is 373 g/mol. The van der Waals surface area contributed by atoms with Crippen molar-refractivity contribution in [3.8, 4) is 0 Å². The number of rotatable bonds is 4. The Balaban J connectivity index is 2.41. The number of nitrogens with one attached hydrogen (secondary N) is 3. The number of fused-ring (bicyclic) bond motifs is 1. The molecule has 2 aliphatic rings. The third-order valence-electron chi connectivity index (χ3n) is 4.95. The molecule has 4 nitrogen and oxygen atoms in total. The summed E-state index contributed by atoms with van der Waals surface area (Å²) in [6.45, 7) is 8.70. The maximum absolute atomic E-state index is 11.8. The first kappa shape index (κ1) is 18.1. The minimum absolute atomic E-state index is 0.149. The predicted molar refractivity (Wildman–Crippen MR) is 110 cm³/mol. The van der Waals surface area contributed by atoms with Crippen molar-refractivity contribution >= 4 is 45.7 Å². The lowest BCUT2D eigenvalue weighted by Crippen LogP contribution is -2.19. The molecule has 25 heavy (non-hydrogen) atoms. The van der Waals surface area contributed by atoms with Crippen molar-refractivity contribution in [3.63, 3.8) is 0 Å². The van der Waals surface area contributed by atoms with E-state index in [1.807, 2.05) is 0 Å². The average molecular weight is 374 g/mol. The number of carbonyl (C=O) groups is 1. The molecular formula is C19H23N3OS2. The summed E-state index contributed by atoms with van der Waals surface area (Å²) < 4.78 is 0. The van der Waals surface area contributed by atoms with Crippen molar-refractivity contribution in [1.82, 2.24) is 10.6 Å². The van der Waals surface area contributed by atoms with Gasteiger partial charge in [0.2, 0.25) is 0 Å². The van der Waals surface area contributed by atoms with Crippen molar-refractivity contribution in [2.24, 2.45) is 0 Å². The first-order chi connectivity index (χ1) is 12.0. The Labute approximate surface area is 158 Å². The van der Waals surface area contributed by atoms with Crippen LogP contribution in [0.5, 0.6) is 0 Å². The van der Waals surface area contributed by atoms with Crippen molar-refractivity contribution in [2.75, 3.05) is 0 Å². The van der Waals surface area contributed by atoms with E-state index in [2.05, 4.69) is 38.3 Å². The zero-order valence-corrected chi connectivity index (χ0v) is 16.7. The van der Waals surface area contributed by atoms with Crippen LogP contribution in [-0.4, -0.2) is 16.1 Å². The van der Waals surface area contributed by atoms with Crippen molar-refractivity contribution in [1.29, 1.82) is 5.41 Å². The molecule has 6 heteroatoms. The van der Waals surface area contributed by atoms with Crippen LogP contribution in [0.2, 0.25) is 0 Å². The van der Waals surface area contributed by atoms with E-state index < -0.39 is 0 Å². The molecular weight excluding hydrogens is 350 g/mol. The number of thioether (sulfide) groups is 1. The van der Waals surface area contributed by atoms with Gasteiger partial charge in [-0.1, -0.05) is 39.9 Å². The van der Waals surface area contributed by atoms with Crippen LogP contribution in [0.4, 0.5) is 4.79 Å². The van der Waals surface area contributed by atoms with Gasteiger partial charge in [-0.15, -0.1) is 0 Å². The fraction of sp³-hybridized carbons (Fsp3) is 0.421. The van der Waals surface area contributed by atoms with E-state index in [9.17, 15) is 4.79 Å². The second-order valence-corrected chi connectivity index (χ2v) is 7.52. The molecule has 0 saturated carbocycles. The lowest BCUT2D eigenvalue weighted by atomic mass is 9.82. The zero-order chi connectivity index (χ0) is 18.3. The Bertz CT molecular complexity index is 840. The van der Waals surface area contributed by atoms with Crippen LogP contribution in [0.25, 0.3) is 5.70 Å². The maximum Gasteiger partial charge on any atom is 0.289 e. The number of amidine groups is 1. The van der Waals surface area contributed by atoms with E-state index in [4.69, 9.17) is 17.6 Å². The SMILES string of the molecule is CCc1c(CC)c(CC)c2c(c1CC)C(=N)N/C2=C1/SC(=O)NC1=S. The molecule has 1 fully saturated rings. The van der Waals surface area contributed by atoms with Crippen molar-refractivity contribution < 1.29 is 4.79 Å². The van der Waals surface area contributed by atoms with Crippen molar-refractivity contribution in [2.45, 2.75) is 53.4 Å². The molecule has 2 aliphatic heterocycles. The van der Waals surface area contributed by atoms with Crippen LogP contribution in [0, 0.1) is 5.41 Å². The second kappa shape index (κ2) is 6.92. The number of thiocarbonyl (C=S) groups is 1. The highest BCUT2D eigenvalue weighted by Gasteiger charge is 2.35. The van der Waals surface area contributed by atoms with Gasteiger partial charge >= 0.3 is 0 Å². The first-order valence-electron chi connectivity index (χ1n) is 8.81. The molecule has 1 aromatic carbocycles. The lowest BCUT2D eigenvalue weighted by molar-refractivity contribution is 0.265. The molecule has 0 unspecified atom stereocenters. The molecule has 0 bridgehead atoms. The summed E-state index contributed by atoms with van der Waals surface area (Å²) in [6, 6.07) is 0. The standard InChI is InChI=1S/C19H23N3OS2/c1-5-9-10(6-2)12(8-4)14-13(11(9)7-3)15(21-17(14)20)16-18(24)22-19(23)25-16/h5-8H2,1-4H3,(H2,20,21)(H,22,23,24)/b16-15+. The summed E-state index contributed by atoms with van der Waals surface area (Å²) in [5.74, 6) is 0.421. The molecule has 0 aromatic heterocycles. The summed E-state index contributed by atoms with van der Waals surface area (Å²) in [5, 5.41) is 14.3. The second-order valence-electron chi connectivity index (χ2n) is 6.13. The molecule has 0 spiro atoms. The number of amides is 1. The molecule has 0 radical (unpaired) electrons. The molecule has 2 heterocycles. The molecule has 3 rings (SSSR count). The van der Waals surface area contributed by atoms with E-state index in [1.165, 1.54) is 22.3 Å². The summed E-state index contributed by atoms with van der Waals surface area (Å²) in [7, 11) is 0. The van der Waals surface area contributed by atoms with Gasteiger partial charge in [0.25, 0.3) is 5.24 Å². The highest BCUT2D eigenvalue weighted by molar-refractivity contribution is 8.19. The fourth-order valence-corrected chi connectivity index (χ4v) is 5.17. The highest BCUT2D eigenvalue weighted by Crippen LogP contribution is 2.41. The number of hydrogen-bond donors (Lipinski definition) is 3. The normalized spacial score (nSPS) is 19.3. The van der Waals surface area contributed by atoms with Gasteiger partial charge in [-0.2, -0.15) is 0 Å². The Morgan fingerprint density at radius 2 is 1.40 bits per heavy atom. The predicted octanol–water partition coefficient (Wildman–Crippen LogP) is 4.32. The van der Waals surface area contributed by atoms with E-state index in [1.54, 1.807) is 0 Å². The number of carbonyl (C=O) groups excluding carboxylic acids is 1. The Kier molecular flexibility index (Phi) is 5.02. The van der Waals surface area contributed by atoms with E-state index in [0.717, 1.165) is 59.2 Å². The Morgan fingerprint density at radius 1 is 0.880 bits per heavy atom.